The Morgan fingerprint density at radius 2 is 2.39 bits per heavy atom. The van der Waals surface area contributed by atoms with Crippen LogP contribution >= 0.6 is 27.3 Å². The van der Waals surface area contributed by atoms with Crippen molar-refractivity contribution in [2.45, 2.75) is 50.9 Å². The van der Waals surface area contributed by atoms with Crippen LogP contribution in [0.15, 0.2) is 15.9 Å². The standard InChI is InChI=1S/C14H20BrNOS/c1-2-16-12(8-10-4-6-14(15)18-10)11-7-9-3-5-13(11)17-9/h4,6,9,11-13,16H,2-3,5,7-8H2,1H3. The fraction of sp³-hybridized carbons (Fsp3) is 0.714. The molecule has 4 atom stereocenters. The zero-order chi connectivity index (χ0) is 12.5. The molecule has 0 aliphatic carbocycles. The van der Waals surface area contributed by atoms with Crippen LogP contribution in [0.1, 0.15) is 31.1 Å². The van der Waals surface area contributed by atoms with Crippen molar-refractivity contribution in [2.75, 3.05) is 6.54 Å². The van der Waals surface area contributed by atoms with Crippen LogP contribution in [0.5, 0.6) is 0 Å². The highest BCUT2D eigenvalue weighted by molar-refractivity contribution is 9.11. The van der Waals surface area contributed by atoms with Crippen LogP contribution in [0.2, 0.25) is 0 Å². The molecule has 100 valence electrons. The molecule has 4 heteroatoms. The van der Waals surface area contributed by atoms with Crippen LogP contribution in [0.4, 0.5) is 0 Å². The van der Waals surface area contributed by atoms with Crippen LogP contribution < -0.4 is 5.32 Å². The van der Waals surface area contributed by atoms with Crippen LogP contribution in [0.25, 0.3) is 0 Å². The number of rotatable bonds is 5. The second kappa shape index (κ2) is 5.61. The van der Waals surface area contributed by atoms with Crippen molar-refractivity contribution < 1.29 is 4.74 Å². The Morgan fingerprint density at radius 1 is 1.50 bits per heavy atom. The SMILES string of the molecule is CCNC(Cc1ccc(Br)s1)C1CC2CCC1O2. The molecule has 2 bridgehead atoms. The number of fused-ring (bicyclic) bond motifs is 2. The van der Waals surface area contributed by atoms with Gasteiger partial charge in [0.05, 0.1) is 16.0 Å². The number of likely N-dealkylation sites (N-methyl/N-ethyl adjacent to an activating group) is 1. The van der Waals surface area contributed by atoms with E-state index in [2.05, 4.69) is 40.3 Å². The highest BCUT2D eigenvalue weighted by Crippen LogP contribution is 2.41. The van der Waals surface area contributed by atoms with Gasteiger partial charge in [-0.1, -0.05) is 6.92 Å². The van der Waals surface area contributed by atoms with Gasteiger partial charge in [-0.25, -0.2) is 0 Å². The minimum atomic E-state index is 0.516. The molecule has 1 aromatic rings. The number of ether oxygens (including phenoxy) is 1. The Hall–Kier alpha value is 0.1000. The topological polar surface area (TPSA) is 21.3 Å². The lowest BCUT2D eigenvalue weighted by Crippen LogP contribution is -2.42. The molecule has 2 aliphatic rings. The van der Waals surface area contributed by atoms with E-state index in [9.17, 15) is 0 Å². The first-order chi connectivity index (χ1) is 8.76. The fourth-order valence-corrected chi connectivity index (χ4v) is 4.96. The predicted octanol–water partition coefficient (Wildman–Crippen LogP) is 3.60. The van der Waals surface area contributed by atoms with E-state index in [1.807, 2.05) is 11.3 Å². The quantitative estimate of drug-likeness (QED) is 0.891. The molecule has 1 N–H and O–H groups in total. The van der Waals surface area contributed by atoms with Crippen LogP contribution in [-0.4, -0.2) is 24.8 Å². The number of hydrogen-bond acceptors (Lipinski definition) is 3. The second-order valence-electron chi connectivity index (χ2n) is 5.35. The van der Waals surface area contributed by atoms with Crippen molar-refractivity contribution in [3.63, 3.8) is 0 Å². The van der Waals surface area contributed by atoms with Gasteiger partial charge in [-0.15, -0.1) is 11.3 Å². The minimum absolute atomic E-state index is 0.516. The summed E-state index contributed by atoms with van der Waals surface area (Å²) in [5.41, 5.74) is 0. The summed E-state index contributed by atoms with van der Waals surface area (Å²) >= 11 is 5.41. The molecule has 0 radical (unpaired) electrons. The molecular formula is C14H20BrNOS. The largest absolute Gasteiger partial charge is 0.375 e. The highest BCUT2D eigenvalue weighted by atomic mass is 79.9. The molecule has 4 unspecified atom stereocenters. The van der Waals surface area contributed by atoms with Gasteiger partial charge in [0.25, 0.3) is 0 Å². The highest BCUT2D eigenvalue weighted by Gasteiger charge is 2.44. The molecule has 3 rings (SSSR count). The fourth-order valence-electron chi connectivity index (χ4n) is 3.42. The van der Waals surface area contributed by atoms with Gasteiger partial charge in [-0.05, 0) is 60.3 Å². The van der Waals surface area contributed by atoms with Crippen molar-refractivity contribution in [1.29, 1.82) is 0 Å². The monoisotopic (exact) mass is 329 g/mol. The van der Waals surface area contributed by atoms with Gasteiger partial charge in [0.15, 0.2) is 0 Å². The summed E-state index contributed by atoms with van der Waals surface area (Å²) in [6.07, 6.45) is 6.02. The Morgan fingerprint density at radius 3 is 2.94 bits per heavy atom. The lowest BCUT2D eigenvalue weighted by molar-refractivity contribution is 0.0859. The normalized spacial score (nSPS) is 32.0. The van der Waals surface area contributed by atoms with Gasteiger partial charge < -0.3 is 10.1 Å². The maximum absolute atomic E-state index is 6.01. The number of nitrogens with one attached hydrogen (secondary N) is 1. The lowest BCUT2D eigenvalue weighted by Gasteiger charge is -2.28. The van der Waals surface area contributed by atoms with Gasteiger partial charge in [0.2, 0.25) is 0 Å². The van der Waals surface area contributed by atoms with Crippen molar-refractivity contribution in [3.05, 3.63) is 20.8 Å². The summed E-state index contributed by atoms with van der Waals surface area (Å²) in [5, 5.41) is 3.68. The van der Waals surface area contributed by atoms with Gasteiger partial charge in [-0.2, -0.15) is 0 Å². The maximum Gasteiger partial charge on any atom is 0.0701 e. The molecule has 2 aliphatic heterocycles. The predicted molar refractivity (Wildman–Crippen MR) is 79.2 cm³/mol. The molecule has 2 nitrogen and oxygen atoms in total. The summed E-state index contributed by atoms with van der Waals surface area (Å²) in [4.78, 5) is 1.47. The Balaban J connectivity index is 1.68. The summed E-state index contributed by atoms with van der Waals surface area (Å²) in [5.74, 6) is 0.713. The number of thiophene rings is 1. The van der Waals surface area contributed by atoms with Crippen LogP contribution in [-0.2, 0) is 11.2 Å². The van der Waals surface area contributed by atoms with Crippen LogP contribution in [0, 0.1) is 5.92 Å². The van der Waals surface area contributed by atoms with E-state index in [1.165, 1.54) is 27.9 Å². The van der Waals surface area contributed by atoms with E-state index in [4.69, 9.17) is 4.74 Å². The molecule has 0 aromatic carbocycles. The molecule has 0 spiro atoms. The van der Waals surface area contributed by atoms with E-state index in [0.29, 0.717) is 24.2 Å². The molecule has 2 saturated heterocycles. The van der Waals surface area contributed by atoms with Crippen molar-refractivity contribution in [3.8, 4) is 0 Å². The average Bonchev–Trinajstić information content (AvgIpc) is 3.05. The van der Waals surface area contributed by atoms with Crippen molar-refractivity contribution in [1.82, 2.24) is 5.32 Å². The van der Waals surface area contributed by atoms with E-state index in [1.54, 1.807) is 0 Å². The van der Waals surface area contributed by atoms with Gasteiger partial charge in [-0.3, -0.25) is 0 Å². The van der Waals surface area contributed by atoms with Crippen molar-refractivity contribution in [2.24, 2.45) is 5.92 Å². The number of halogens is 1. The zero-order valence-corrected chi connectivity index (χ0v) is 13.1. The zero-order valence-electron chi connectivity index (χ0n) is 10.7. The van der Waals surface area contributed by atoms with Gasteiger partial charge in [0, 0.05) is 16.8 Å². The van der Waals surface area contributed by atoms with E-state index < -0.39 is 0 Å². The molecule has 0 saturated carbocycles. The maximum atomic E-state index is 6.01. The molecule has 3 heterocycles. The Bertz CT molecular complexity index is 408. The van der Waals surface area contributed by atoms with Crippen molar-refractivity contribution >= 4 is 27.3 Å². The van der Waals surface area contributed by atoms with E-state index in [-0.39, 0.29) is 0 Å². The Kier molecular flexibility index (Phi) is 4.09. The molecule has 2 fully saturated rings. The summed E-state index contributed by atoms with van der Waals surface area (Å²) in [6.45, 7) is 3.25. The molecule has 1 aromatic heterocycles. The second-order valence-corrected chi connectivity index (χ2v) is 7.90. The van der Waals surface area contributed by atoms with E-state index in [0.717, 1.165) is 13.0 Å². The first-order valence-corrected chi connectivity index (χ1v) is 8.50. The van der Waals surface area contributed by atoms with E-state index >= 15 is 0 Å². The molecule has 0 amide bonds. The number of hydrogen-bond donors (Lipinski definition) is 1. The molecular weight excluding hydrogens is 310 g/mol. The average molecular weight is 330 g/mol. The van der Waals surface area contributed by atoms with Gasteiger partial charge >= 0.3 is 0 Å². The van der Waals surface area contributed by atoms with Gasteiger partial charge in [0.1, 0.15) is 0 Å². The van der Waals surface area contributed by atoms with Crippen LogP contribution in [0.3, 0.4) is 0 Å². The molecule has 18 heavy (non-hydrogen) atoms. The Labute approximate surface area is 121 Å². The smallest absolute Gasteiger partial charge is 0.0701 e. The first-order valence-electron chi connectivity index (χ1n) is 6.89. The minimum Gasteiger partial charge on any atom is -0.375 e. The summed E-state index contributed by atoms with van der Waals surface area (Å²) in [7, 11) is 0. The third-order valence-corrected chi connectivity index (χ3v) is 5.83. The summed E-state index contributed by atoms with van der Waals surface area (Å²) < 4.78 is 7.24. The third kappa shape index (κ3) is 2.67. The summed E-state index contributed by atoms with van der Waals surface area (Å²) in [6, 6.07) is 4.98. The lowest BCUT2D eigenvalue weighted by atomic mass is 9.82. The first kappa shape index (κ1) is 13.1. The third-order valence-electron chi connectivity index (χ3n) is 4.19.